The van der Waals surface area contributed by atoms with Crippen LogP contribution >= 0.6 is 0 Å². The lowest BCUT2D eigenvalue weighted by atomic mass is 9.87. The molecule has 0 aliphatic carbocycles. The standard InChI is InChI=1S/C44H35N3O/c1-44(2,3)34-21-23-35(24-22-34)47-39-19-10-18-37(36-17-7-8-20-40(36)48)42(39)46-43(47)32-15-9-14-30(26-32)38-28-33(29-12-5-4-6-13-29)27-31-16-11-25-45-41(31)38/h4-28,48H,1-3H3. The van der Waals surface area contributed by atoms with Crippen molar-refractivity contribution in [3.05, 3.63) is 157 Å². The highest BCUT2D eigenvalue weighted by atomic mass is 16.3. The van der Waals surface area contributed by atoms with Crippen LogP contribution in [0.5, 0.6) is 5.75 Å². The molecule has 2 aromatic heterocycles. The van der Waals surface area contributed by atoms with Gasteiger partial charge in [0.2, 0.25) is 0 Å². The van der Waals surface area contributed by atoms with Crippen LogP contribution in [-0.2, 0) is 5.41 Å². The van der Waals surface area contributed by atoms with Crippen LogP contribution in [0, 0.1) is 0 Å². The van der Waals surface area contributed by atoms with Gasteiger partial charge in [0.15, 0.2) is 0 Å². The lowest BCUT2D eigenvalue weighted by Crippen LogP contribution is -2.11. The SMILES string of the molecule is CC(C)(C)c1ccc(-n2c(-c3cccc(-c4cc(-c5ccccc5)cc5cccnc45)c3)nc3c(-c4ccccc4O)cccc32)cc1. The number of phenols is 1. The van der Waals surface area contributed by atoms with Gasteiger partial charge in [-0.1, -0.05) is 118 Å². The number of aromatic hydroxyl groups is 1. The molecule has 0 radical (unpaired) electrons. The van der Waals surface area contributed by atoms with Crippen LogP contribution in [0.15, 0.2) is 152 Å². The summed E-state index contributed by atoms with van der Waals surface area (Å²) < 4.78 is 2.24. The van der Waals surface area contributed by atoms with Crippen LogP contribution in [0.4, 0.5) is 0 Å². The molecule has 0 bridgehead atoms. The molecule has 232 valence electrons. The predicted octanol–water partition coefficient (Wildman–Crippen LogP) is 11.2. The summed E-state index contributed by atoms with van der Waals surface area (Å²) in [6.07, 6.45) is 1.86. The van der Waals surface area contributed by atoms with Crippen LogP contribution < -0.4 is 0 Å². The molecular weight excluding hydrogens is 587 g/mol. The molecule has 0 aliphatic heterocycles. The number of hydrogen-bond donors (Lipinski definition) is 1. The first-order chi connectivity index (χ1) is 23.3. The average Bonchev–Trinajstić information content (AvgIpc) is 3.52. The highest BCUT2D eigenvalue weighted by Gasteiger charge is 2.21. The zero-order valence-electron chi connectivity index (χ0n) is 27.2. The van der Waals surface area contributed by atoms with Gasteiger partial charge in [0, 0.05) is 39.5 Å². The van der Waals surface area contributed by atoms with Gasteiger partial charge < -0.3 is 5.11 Å². The zero-order valence-corrected chi connectivity index (χ0v) is 27.2. The first kappa shape index (κ1) is 29.4. The quantitative estimate of drug-likeness (QED) is 0.208. The van der Waals surface area contributed by atoms with Crippen molar-refractivity contribution >= 4 is 21.9 Å². The lowest BCUT2D eigenvalue weighted by Gasteiger charge is -2.20. The minimum atomic E-state index is 0.0375. The summed E-state index contributed by atoms with van der Waals surface area (Å²) in [5.74, 6) is 1.06. The largest absolute Gasteiger partial charge is 0.507 e. The van der Waals surface area contributed by atoms with Crippen LogP contribution in [0.25, 0.3) is 72.4 Å². The Labute approximate surface area is 280 Å². The van der Waals surface area contributed by atoms with Crippen molar-refractivity contribution in [2.45, 2.75) is 26.2 Å². The van der Waals surface area contributed by atoms with E-state index in [0.29, 0.717) is 0 Å². The van der Waals surface area contributed by atoms with Gasteiger partial charge in [-0.05, 0) is 76.2 Å². The maximum Gasteiger partial charge on any atom is 0.145 e. The van der Waals surface area contributed by atoms with E-state index >= 15 is 0 Å². The Morgan fingerprint density at radius 3 is 2.04 bits per heavy atom. The van der Waals surface area contributed by atoms with Gasteiger partial charge in [0.25, 0.3) is 0 Å². The van der Waals surface area contributed by atoms with E-state index in [1.54, 1.807) is 6.07 Å². The third-order valence-electron chi connectivity index (χ3n) is 9.11. The Hall–Kier alpha value is -6.00. The maximum atomic E-state index is 10.9. The number of rotatable bonds is 5. The van der Waals surface area contributed by atoms with E-state index in [-0.39, 0.29) is 11.2 Å². The third kappa shape index (κ3) is 5.22. The molecule has 0 aliphatic rings. The number of nitrogens with zero attached hydrogens (tertiary/aromatic N) is 3. The van der Waals surface area contributed by atoms with Crippen LogP contribution in [0.3, 0.4) is 0 Å². The number of aromatic nitrogens is 3. The first-order valence-corrected chi connectivity index (χ1v) is 16.3. The second-order valence-electron chi connectivity index (χ2n) is 13.3. The topological polar surface area (TPSA) is 50.9 Å². The summed E-state index contributed by atoms with van der Waals surface area (Å²) in [6.45, 7) is 6.69. The molecule has 8 rings (SSSR count). The van der Waals surface area contributed by atoms with E-state index in [9.17, 15) is 5.11 Å². The molecular formula is C44H35N3O. The number of fused-ring (bicyclic) bond motifs is 2. The zero-order chi connectivity index (χ0) is 32.8. The minimum absolute atomic E-state index is 0.0375. The van der Waals surface area contributed by atoms with Crippen molar-refractivity contribution in [1.82, 2.24) is 14.5 Å². The Balaban J connectivity index is 1.36. The number of imidazole rings is 1. The van der Waals surface area contributed by atoms with Gasteiger partial charge in [-0.3, -0.25) is 9.55 Å². The van der Waals surface area contributed by atoms with Crippen LogP contribution in [0.2, 0.25) is 0 Å². The fraction of sp³-hybridized carbons (Fsp3) is 0.0909. The Kier molecular flexibility index (Phi) is 7.14. The molecule has 0 spiro atoms. The number of benzene rings is 6. The Bertz CT molecular complexity index is 2430. The molecule has 2 heterocycles. The highest BCUT2D eigenvalue weighted by molar-refractivity contribution is 5.99. The Morgan fingerprint density at radius 2 is 1.25 bits per heavy atom. The van der Waals surface area contributed by atoms with Crippen molar-refractivity contribution in [3.8, 4) is 56.2 Å². The molecule has 0 amide bonds. The Morgan fingerprint density at radius 1 is 0.542 bits per heavy atom. The second kappa shape index (κ2) is 11.7. The molecule has 48 heavy (non-hydrogen) atoms. The summed E-state index contributed by atoms with van der Waals surface area (Å²) in [7, 11) is 0. The molecule has 0 saturated heterocycles. The lowest BCUT2D eigenvalue weighted by molar-refractivity contribution is 0.477. The van der Waals surface area contributed by atoms with Crippen molar-refractivity contribution < 1.29 is 5.11 Å². The van der Waals surface area contributed by atoms with E-state index in [1.165, 1.54) is 5.56 Å². The van der Waals surface area contributed by atoms with Gasteiger partial charge in [0.1, 0.15) is 11.6 Å². The summed E-state index contributed by atoms with van der Waals surface area (Å²) in [6, 6.07) is 50.1. The van der Waals surface area contributed by atoms with Gasteiger partial charge in [0.05, 0.1) is 16.6 Å². The summed E-state index contributed by atoms with van der Waals surface area (Å²) in [5.41, 5.74) is 12.2. The summed E-state index contributed by atoms with van der Waals surface area (Å²) in [4.78, 5) is 10.2. The van der Waals surface area contributed by atoms with Gasteiger partial charge in [-0.15, -0.1) is 0 Å². The summed E-state index contributed by atoms with van der Waals surface area (Å²) in [5, 5.41) is 11.9. The molecule has 6 aromatic carbocycles. The normalized spacial score (nSPS) is 11.7. The molecule has 0 saturated carbocycles. The van der Waals surface area contributed by atoms with Crippen LogP contribution in [-0.4, -0.2) is 19.6 Å². The van der Waals surface area contributed by atoms with Crippen molar-refractivity contribution in [2.24, 2.45) is 0 Å². The van der Waals surface area contributed by atoms with E-state index in [4.69, 9.17) is 9.97 Å². The van der Waals surface area contributed by atoms with Crippen molar-refractivity contribution in [1.29, 1.82) is 0 Å². The van der Waals surface area contributed by atoms with E-state index in [1.807, 2.05) is 48.7 Å². The number of para-hydroxylation sites is 2. The molecule has 4 nitrogen and oxygen atoms in total. The predicted molar refractivity (Wildman–Crippen MR) is 198 cm³/mol. The fourth-order valence-corrected chi connectivity index (χ4v) is 6.62. The van der Waals surface area contributed by atoms with Gasteiger partial charge in [-0.25, -0.2) is 4.98 Å². The molecule has 8 aromatic rings. The van der Waals surface area contributed by atoms with E-state index in [0.717, 1.165) is 72.4 Å². The van der Waals surface area contributed by atoms with Gasteiger partial charge in [-0.2, -0.15) is 0 Å². The molecule has 0 atom stereocenters. The summed E-state index contributed by atoms with van der Waals surface area (Å²) >= 11 is 0. The second-order valence-corrected chi connectivity index (χ2v) is 13.3. The highest BCUT2D eigenvalue weighted by Crippen LogP contribution is 2.39. The number of phenolic OH excluding ortho intramolecular Hbond substituents is 1. The third-order valence-corrected chi connectivity index (χ3v) is 9.11. The van der Waals surface area contributed by atoms with Crippen molar-refractivity contribution in [3.63, 3.8) is 0 Å². The molecule has 0 fully saturated rings. The minimum Gasteiger partial charge on any atom is -0.507 e. The van der Waals surface area contributed by atoms with Crippen LogP contribution in [0.1, 0.15) is 26.3 Å². The number of pyridine rings is 1. The molecule has 4 heteroatoms. The fourth-order valence-electron chi connectivity index (χ4n) is 6.62. The van der Waals surface area contributed by atoms with E-state index in [2.05, 4.69) is 122 Å². The maximum absolute atomic E-state index is 10.9. The molecule has 1 N–H and O–H groups in total. The van der Waals surface area contributed by atoms with Gasteiger partial charge >= 0.3 is 0 Å². The average molecular weight is 622 g/mol. The number of hydrogen-bond acceptors (Lipinski definition) is 3. The van der Waals surface area contributed by atoms with E-state index < -0.39 is 0 Å². The van der Waals surface area contributed by atoms with Crippen molar-refractivity contribution in [2.75, 3.05) is 0 Å². The molecule has 0 unspecified atom stereocenters. The first-order valence-electron chi connectivity index (χ1n) is 16.3. The monoisotopic (exact) mass is 621 g/mol. The smallest absolute Gasteiger partial charge is 0.145 e.